The summed E-state index contributed by atoms with van der Waals surface area (Å²) in [5, 5.41) is 29.7. The Balaban J connectivity index is 3.01. The molecular formula is C20H32O6. The Morgan fingerprint density at radius 2 is 1.31 bits per heavy atom. The van der Waals surface area contributed by atoms with Gasteiger partial charge in [0, 0.05) is 5.56 Å². The van der Waals surface area contributed by atoms with Gasteiger partial charge in [0.2, 0.25) is 11.5 Å². The van der Waals surface area contributed by atoms with Crippen LogP contribution >= 0.6 is 0 Å². The van der Waals surface area contributed by atoms with Gasteiger partial charge in [-0.1, -0.05) is 52.4 Å². The molecule has 0 aliphatic rings. The molecule has 0 heterocycles. The normalized spacial score (nSPS) is 10.7. The SMILES string of the molecule is CCCCCCOc1c(C)c(C(=O)O)c(O)c(O)c1OCCCCCC. The van der Waals surface area contributed by atoms with Gasteiger partial charge >= 0.3 is 5.97 Å². The molecule has 0 saturated heterocycles. The van der Waals surface area contributed by atoms with Crippen LogP contribution in [0.4, 0.5) is 0 Å². The molecule has 0 fully saturated rings. The number of rotatable bonds is 13. The zero-order valence-electron chi connectivity index (χ0n) is 16.1. The van der Waals surface area contributed by atoms with Crippen molar-refractivity contribution in [1.82, 2.24) is 0 Å². The summed E-state index contributed by atoms with van der Waals surface area (Å²) < 4.78 is 11.4. The molecule has 26 heavy (non-hydrogen) atoms. The number of carboxylic acids is 1. The molecule has 0 aliphatic heterocycles. The smallest absolute Gasteiger partial charge is 0.340 e. The number of carboxylic acid groups (broad SMARTS) is 1. The summed E-state index contributed by atoms with van der Waals surface area (Å²) >= 11 is 0. The second-order valence-electron chi connectivity index (χ2n) is 6.48. The lowest BCUT2D eigenvalue weighted by Crippen LogP contribution is -2.09. The monoisotopic (exact) mass is 368 g/mol. The number of aromatic carboxylic acids is 1. The molecule has 0 aliphatic carbocycles. The quantitative estimate of drug-likeness (QED) is 0.334. The van der Waals surface area contributed by atoms with E-state index in [1.54, 1.807) is 6.92 Å². The van der Waals surface area contributed by atoms with E-state index in [1.165, 1.54) is 0 Å². The Hall–Kier alpha value is -2.11. The van der Waals surface area contributed by atoms with Gasteiger partial charge in [-0.3, -0.25) is 0 Å². The van der Waals surface area contributed by atoms with Crippen molar-refractivity contribution in [3.63, 3.8) is 0 Å². The first-order valence-corrected chi connectivity index (χ1v) is 9.52. The van der Waals surface area contributed by atoms with E-state index >= 15 is 0 Å². The third-order valence-corrected chi connectivity index (χ3v) is 4.30. The highest BCUT2D eigenvalue weighted by molar-refractivity contribution is 5.95. The number of benzene rings is 1. The van der Waals surface area contributed by atoms with Crippen LogP contribution in [0, 0.1) is 6.92 Å². The van der Waals surface area contributed by atoms with Crippen LogP contribution < -0.4 is 9.47 Å². The number of hydrogen-bond acceptors (Lipinski definition) is 5. The van der Waals surface area contributed by atoms with Crippen molar-refractivity contribution in [2.75, 3.05) is 13.2 Å². The lowest BCUT2D eigenvalue weighted by molar-refractivity contribution is 0.0691. The van der Waals surface area contributed by atoms with E-state index in [0.717, 1.165) is 51.4 Å². The van der Waals surface area contributed by atoms with Gasteiger partial charge in [0.15, 0.2) is 11.5 Å². The van der Waals surface area contributed by atoms with Crippen LogP contribution in [-0.2, 0) is 0 Å². The molecule has 148 valence electrons. The van der Waals surface area contributed by atoms with E-state index in [9.17, 15) is 20.1 Å². The van der Waals surface area contributed by atoms with Gasteiger partial charge in [-0.2, -0.15) is 0 Å². The molecule has 0 unspecified atom stereocenters. The molecule has 0 amide bonds. The maximum absolute atomic E-state index is 11.4. The lowest BCUT2D eigenvalue weighted by atomic mass is 10.0. The largest absolute Gasteiger partial charge is 0.504 e. The summed E-state index contributed by atoms with van der Waals surface area (Å²) in [6.07, 6.45) is 8.06. The molecule has 0 radical (unpaired) electrons. The summed E-state index contributed by atoms with van der Waals surface area (Å²) in [5.41, 5.74) is -0.101. The van der Waals surface area contributed by atoms with E-state index in [0.29, 0.717) is 13.2 Å². The van der Waals surface area contributed by atoms with Crippen LogP contribution in [0.5, 0.6) is 23.0 Å². The van der Waals surface area contributed by atoms with Crippen molar-refractivity contribution in [1.29, 1.82) is 0 Å². The average molecular weight is 368 g/mol. The summed E-state index contributed by atoms with van der Waals surface area (Å²) in [5.74, 6) is -2.36. The predicted octanol–water partition coefficient (Wildman–Crippen LogP) is 5.02. The van der Waals surface area contributed by atoms with Gasteiger partial charge in [-0.05, 0) is 19.8 Å². The van der Waals surface area contributed by atoms with Crippen molar-refractivity contribution in [2.24, 2.45) is 0 Å². The van der Waals surface area contributed by atoms with E-state index in [-0.39, 0.29) is 22.6 Å². The first-order chi connectivity index (χ1) is 12.5. The standard InChI is InChI=1S/C20H32O6/c1-4-6-8-10-12-25-18-14(3)15(20(23)24)16(21)17(22)19(18)26-13-11-9-7-5-2/h21-22H,4-13H2,1-3H3,(H,23,24). The van der Waals surface area contributed by atoms with Gasteiger partial charge < -0.3 is 24.8 Å². The number of ether oxygens (including phenoxy) is 2. The zero-order valence-corrected chi connectivity index (χ0v) is 16.1. The highest BCUT2D eigenvalue weighted by atomic mass is 16.5. The maximum atomic E-state index is 11.4. The second kappa shape index (κ2) is 11.5. The molecule has 0 spiro atoms. The molecule has 1 rings (SSSR count). The molecule has 1 aromatic carbocycles. The zero-order chi connectivity index (χ0) is 19.5. The van der Waals surface area contributed by atoms with Crippen molar-refractivity contribution in [3.05, 3.63) is 11.1 Å². The Morgan fingerprint density at radius 1 is 0.808 bits per heavy atom. The van der Waals surface area contributed by atoms with Gasteiger partial charge in [0.05, 0.1) is 13.2 Å². The van der Waals surface area contributed by atoms with E-state index < -0.39 is 17.5 Å². The van der Waals surface area contributed by atoms with E-state index in [2.05, 4.69) is 13.8 Å². The molecule has 1 aromatic rings. The minimum Gasteiger partial charge on any atom is -0.504 e. The minimum absolute atomic E-state index is 0.0250. The lowest BCUT2D eigenvalue weighted by Gasteiger charge is -2.19. The van der Waals surface area contributed by atoms with E-state index in [1.807, 2.05) is 0 Å². The van der Waals surface area contributed by atoms with Crippen LogP contribution in [0.2, 0.25) is 0 Å². The van der Waals surface area contributed by atoms with Crippen LogP contribution in [-0.4, -0.2) is 34.5 Å². The average Bonchev–Trinajstić information content (AvgIpc) is 2.60. The molecule has 0 saturated carbocycles. The third kappa shape index (κ3) is 6.00. The number of phenolic OH excluding ortho intramolecular Hbond substituents is 1. The molecule has 3 N–H and O–H groups in total. The molecule has 0 aromatic heterocycles. The summed E-state index contributed by atoms with van der Waals surface area (Å²) in [6.45, 7) is 6.55. The fourth-order valence-electron chi connectivity index (χ4n) is 2.77. The highest BCUT2D eigenvalue weighted by Gasteiger charge is 2.27. The Labute approximate surface area is 155 Å². The second-order valence-corrected chi connectivity index (χ2v) is 6.48. The maximum Gasteiger partial charge on any atom is 0.340 e. The predicted molar refractivity (Wildman–Crippen MR) is 101 cm³/mol. The number of phenols is 2. The fourth-order valence-corrected chi connectivity index (χ4v) is 2.77. The molecule has 0 bridgehead atoms. The number of hydrogen-bond donors (Lipinski definition) is 3. The Kier molecular flexibility index (Phi) is 9.70. The Morgan fingerprint density at radius 3 is 1.77 bits per heavy atom. The van der Waals surface area contributed by atoms with Gasteiger partial charge in [0.1, 0.15) is 5.56 Å². The van der Waals surface area contributed by atoms with Crippen molar-refractivity contribution < 1.29 is 29.6 Å². The van der Waals surface area contributed by atoms with Crippen molar-refractivity contribution in [2.45, 2.75) is 72.1 Å². The van der Waals surface area contributed by atoms with Crippen LogP contribution in [0.25, 0.3) is 0 Å². The van der Waals surface area contributed by atoms with Gasteiger partial charge in [-0.15, -0.1) is 0 Å². The topological polar surface area (TPSA) is 96.2 Å². The summed E-state index contributed by atoms with van der Waals surface area (Å²) in [7, 11) is 0. The summed E-state index contributed by atoms with van der Waals surface area (Å²) in [6, 6.07) is 0. The van der Waals surface area contributed by atoms with Crippen molar-refractivity contribution in [3.8, 4) is 23.0 Å². The molecule has 0 atom stereocenters. The molecular weight excluding hydrogens is 336 g/mol. The number of carbonyl (C=O) groups is 1. The third-order valence-electron chi connectivity index (χ3n) is 4.30. The summed E-state index contributed by atoms with van der Waals surface area (Å²) in [4.78, 5) is 11.4. The fraction of sp³-hybridized carbons (Fsp3) is 0.650. The van der Waals surface area contributed by atoms with Crippen molar-refractivity contribution >= 4 is 5.97 Å². The first-order valence-electron chi connectivity index (χ1n) is 9.52. The first kappa shape index (κ1) is 21.9. The van der Waals surface area contributed by atoms with Crippen LogP contribution in [0.1, 0.15) is 81.1 Å². The van der Waals surface area contributed by atoms with E-state index in [4.69, 9.17) is 9.47 Å². The molecule has 6 heteroatoms. The minimum atomic E-state index is -1.32. The van der Waals surface area contributed by atoms with Gasteiger partial charge in [-0.25, -0.2) is 4.79 Å². The Bertz CT molecular complexity index is 582. The van der Waals surface area contributed by atoms with Gasteiger partial charge in [0.25, 0.3) is 0 Å². The molecule has 6 nitrogen and oxygen atoms in total. The number of aromatic hydroxyl groups is 2. The van der Waals surface area contributed by atoms with Crippen LogP contribution in [0.15, 0.2) is 0 Å². The van der Waals surface area contributed by atoms with Crippen LogP contribution in [0.3, 0.4) is 0 Å². The number of unbranched alkanes of at least 4 members (excludes halogenated alkanes) is 6. The highest BCUT2D eigenvalue weighted by Crippen LogP contribution is 2.48.